The van der Waals surface area contributed by atoms with Crippen LogP contribution in [0.4, 0.5) is 8.78 Å². The third-order valence-corrected chi connectivity index (χ3v) is 3.21. The van der Waals surface area contributed by atoms with Gasteiger partial charge in [0.1, 0.15) is 17.2 Å². The van der Waals surface area contributed by atoms with Gasteiger partial charge in [-0.25, -0.2) is 8.78 Å². The van der Waals surface area contributed by atoms with E-state index in [2.05, 4.69) is 0 Å². The second-order valence-corrected chi connectivity index (χ2v) is 4.57. The van der Waals surface area contributed by atoms with Gasteiger partial charge in [0.25, 0.3) is 0 Å². The van der Waals surface area contributed by atoms with Crippen molar-refractivity contribution in [3.63, 3.8) is 0 Å². The molecule has 1 aliphatic heterocycles. The predicted molar refractivity (Wildman–Crippen MR) is 59.0 cm³/mol. The molecule has 1 aromatic rings. The van der Waals surface area contributed by atoms with Gasteiger partial charge < -0.3 is 4.74 Å². The van der Waals surface area contributed by atoms with Crippen molar-refractivity contribution in [2.75, 3.05) is 6.61 Å². The zero-order chi connectivity index (χ0) is 12.6. The van der Waals surface area contributed by atoms with Gasteiger partial charge in [-0.1, -0.05) is 6.07 Å². The summed E-state index contributed by atoms with van der Waals surface area (Å²) in [6.07, 6.45) is 1.23. The van der Waals surface area contributed by atoms with Crippen molar-refractivity contribution < 1.29 is 18.3 Å². The number of hydrogen-bond donors (Lipinski definition) is 0. The molecule has 4 heteroatoms. The summed E-state index contributed by atoms with van der Waals surface area (Å²) in [6.45, 7) is 3.55. The number of ether oxygens (including phenoxy) is 1. The molecule has 0 N–H and O–H groups in total. The molecule has 0 saturated carbocycles. The first kappa shape index (κ1) is 12.2. The van der Waals surface area contributed by atoms with Crippen LogP contribution in [0.15, 0.2) is 12.1 Å². The predicted octanol–water partition coefficient (Wildman–Crippen LogP) is 3.03. The largest absolute Gasteiger partial charge is 0.367 e. The summed E-state index contributed by atoms with van der Waals surface area (Å²) in [5.41, 5.74) is -1.30. The van der Waals surface area contributed by atoms with Crippen molar-refractivity contribution >= 4 is 5.78 Å². The number of ketones is 1. The second-order valence-electron chi connectivity index (χ2n) is 4.57. The Morgan fingerprint density at radius 1 is 1.41 bits per heavy atom. The summed E-state index contributed by atoms with van der Waals surface area (Å²) < 4.78 is 32.7. The highest BCUT2D eigenvalue weighted by Gasteiger charge is 2.40. The Bertz CT molecular complexity index is 463. The first-order valence-corrected chi connectivity index (χ1v) is 5.59. The van der Waals surface area contributed by atoms with Crippen LogP contribution in [0.1, 0.15) is 35.7 Å². The minimum absolute atomic E-state index is 0.261. The van der Waals surface area contributed by atoms with Gasteiger partial charge >= 0.3 is 0 Å². The van der Waals surface area contributed by atoms with E-state index in [9.17, 15) is 13.6 Å². The molecule has 1 heterocycles. The van der Waals surface area contributed by atoms with Crippen molar-refractivity contribution in [2.24, 2.45) is 0 Å². The lowest BCUT2D eigenvalue weighted by atomic mass is 9.90. The number of carbonyl (C=O) groups is 1. The lowest BCUT2D eigenvalue weighted by Crippen LogP contribution is -2.35. The highest BCUT2D eigenvalue weighted by atomic mass is 19.1. The number of hydrogen-bond acceptors (Lipinski definition) is 2. The smallest absolute Gasteiger partial charge is 0.200 e. The number of rotatable bonds is 2. The lowest BCUT2D eigenvalue weighted by molar-refractivity contribution is 0.0206. The highest BCUT2D eigenvalue weighted by molar-refractivity contribution is 6.03. The van der Waals surface area contributed by atoms with E-state index in [1.54, 1.807) is 6.92 Å². The van der Waals surface area contributed by atoms with Gasteiger partial charge in [-0.05, 0) is 38.3 Å². The van der Waals surface area contributed by atoms with Gasteiger partial charge in [-0.2, -0.15) is 0 Å². The summed E-state index contributed by atoms with van der Waals surface area (Å²) in [5.74, 6) is -2.21. The SMILES string of the molecule is Cc1ccc(F)c(C(=O)C2(C)CCCO2)c1F. The van der Waals surface area contributed by atoms with Crippen molar-refractivity contribution in [2.45, 2.75) is 32.3 Å². The van der Waals surface area contributed by atoms with Crippen LogP contribution in [0.3, 0.4) is 0 Å². The van der Waals surface area contributed by atoms with Gasteiger partial charge in [-0.3, -0.25) is 4.79 Å². The van der Waals surface area contributed by atoms with E-state index in [4.69, 9.17) is 4.74 Å². The number of Topliss-reactive ketones (excluding diaryl/α,β-unsaturated/α-hetero) is 1. The molecule has 0 amide bonds. The molecule has 1 unspecified atom stereocenters. The molecule has 1 fully saturated rings. The Labute approximate surface area is 98.6 Å². The number of benzene rings is 1. The lowest BCUT2D eigenvalue weighted by Gasteiger charge is -2.22. The standard InChI is InChI=1S/C13H14F2O2/c1-8-4-5-9(14)10(11(8)15)12(16)13(2)6-3-7-17-13/h4-5H,3,6-7H2,1-2H3. The Morgan fingerprint density at radius 3 is 2.71 bits per heavy atom. The van der Waals surface area contributed by atoms with Crippen LogP contribution in [0, 0.1) is 18.6 Å². The molecule has 1 aliphatic rings. The first-order valence-electron chi connectivity index (χ1n) is 5.59. The van der Waals surface area contributed by atoms with Crippen LogP contribution in [0.25, 0.3) is 0 Å². The fraction of sp³-hybridized carbons (Fsp3) is 0.462. The minimum Gasteiger partial charge on any atom is -0.367 e. The van der Waals surface area contributed by atoms with Crippen molar-refractivity contribution in [1.29, 1.82) is 0 Å². The molecular weight excluding hydrogens is 226 g/mol. The maximum atomic E-state index is 13.8. The fourth-order valence-electron chi connectivity index (χ4n) is 2.09. The van der Waals surface area contributed by atoms with Gasteiger partial charge in [-0.15, -0.1) is 0 Å². The van der Waals surface area contributed by atoms with E-state index < -0.39 is 28.6 Å². The van der Waals surface area contributed by atoms with Crippen LogP contribution < -0.4 is 0 Å². The van der Waals surface area contributed by atoms with Crippen LogP contribution in [0.2, 0.25) is 0 Å². The topological polar surface area (TPSA) is 26.3 Å². The van der Waals surface area contributed by atoms with Crippen LogP contribution >= 0.6 is 0 Å². The van der Waals surface area contributed by atoms with E-state index in [1.165, 1.54) is 13.0 Å². The van der Waals surface area contributed by atoms with Gasteiger partial charge in [0, 0.05) is 6.61 Å². The molecule has 2 rings (SSSR count). The van der Waals surface area contributed by atoms with Crippen molar-refractivity contribution in [3.05, 3.63) is 34.9 Å². The van der Waals surface area contributed by atoms with E-state index in [0.717, 1.165) is 12.5 Å². The van der Waals surface area contributed by atoms with E-state index in [-0.39, 0.29) is 5.56 Å². The molecule has 0 aliphatic carbocycles. The molecule has 0 bridgehead atoms. The zero-order valence-electron chi connectivity index (χ0n) is 9.85. The molecule has 17 heavy (non-hydrogen) atoms. The summed E-state index contributed by atoms with van der Waals surface area (Å²) >= 11 is 0. The average molecular weight is 240 g/mol. The molecule has 1 aromatic carbocycles. The van der Waals surface area contributed by atoms with Crippen LogP contribution in [-0.2, 0) is 4.74 Å². The van der Waals surface area contributed by atoms with Crippen LogP contribution in [-0.4, -0.2) is 18.0 Å². The van der Waals surface area contributed by atoms with Crippen LogP contribution in [0.5, 0.6) is 0 Å². The Balaban J connectivity index is 2.47. The minimum atomic E-state index is -1.09. The highest BCUT2D eigenvalue weighted by Crippen LogP contribution is 2.31. The summed E-state index contributed by atoms with van der Waals surface area (Å²) in [4.78, 5) is 12.2. The molecule has 1 atom stereocenters. The van der Waals surface area contributed by atoms with E-state index in [0.29, 0.717) is 13.0 Å². The summed E-state index contributed by atoms with van der Waals surface area (Å²) in [5, 5.41) is 0. The third-order valence-electron chi connectivity index (χ3n) is 3.21. The zero-order valence-corrected chi connectivity index (χ0v) is 9.85. The average Bonchev–Trinajstić information content (AvgIpc) is 2.72. The van der Waals surface area contributed by atoms with E-state index in [1.807, 2.05) is 0 Å². The molecule has 92 valence electrons. The first-order chi connectivity index (χ1) is 7.96. The normalized spacial score (nSPS) is 24.0. The number of aryl methyl sites for hydroxylation is 1. The third kappa shape index (κ3) is 1.97. The molecular formula is C13H14F2O2. The Hall–Kier alpha value is -1.29. The second kappa shape index (κ2) is 4.18. The molecule has 0 aromatic heterocycles. The van der Waals surface area contributed by atoms with Crippen molar-refractivity contribution in [1.82, 2.24) is 0 Å². The van der Waals surface area contributed by atoms with Gasteiger partial charge in [0.15, 0.2) is 5.78 Å². The van der Waals surface area contributed by atoms with Crippen molar-refractivity contribution in [3.8, 4) is 0 Å². The summed E-state index contributed by atoms with van der Waals surface area (Å²) in [6, 6.07) is 2.43. The monoisotopic (exact) mass is 240 g/mol. The molecule has 2 nitrogen and oxygen atoms in total. The van der Waals surface area contributed by atoms with Gasteiger partial charge in [0.05, 0.1) is 5.56 Å². The summed E-state index contributed by atoms with van der Waals surface area (Å²) in [7, 11) is 0. The molecule has 1 saturated heterocycles. The fourth-order valence-corrected chi connectivity index (χ4v) is 2.09. The molecule has 0 radical (unpaired) electrons. The Kier molecular flexibility index (Phi) is 3.00. The quantitative estimate of drug-likeness (QED) is 0.743. The number of halogens is 2. The maximum Gasteiger partial charge on any atom is 0.200 e. The maximum absolute atomic E-state index is 13.8. The molecule has 0 spiro atoms. The number of carbonyl (C=O) groups excluding carboxylic acids is 1. The Morgan fingerprint density at radius 2 is 2.12 bits per heavy atom. The van der Waals surface area contributed by atoms with E-state index >= 15 is 0 Å². The van der Waals surface area contributed by atoms with Gasteiger partial charge in [0.2, 0.25) is 0 Å².